The molecule has 2 amide bonds. The third kappa shape index (κ3) is 15.2. The van der Waals surface area contributed by atoms with Gasteiger partial charge in [0, 0.05) is 57.2 Å². The van der Waals surface area contributed by atoms with Gasteiger partial charge < -0.3 is 29.1 Å². The number of aromatic nitrogens is 2. The number of hydrogen-bond acceptors (Lipinski definition) is 12. The highest BCUT2D eigenvalue weighted by atomic mass is 35.5. The molecule has 0 atom stereocenters. The highest BCUT2D eigenvalue weighted by molar-refractivity contribution is 6.29. The lowest BCUT2D eigenvalue weighted by Gasteiger charge is -2.33. The van der Waals surface area contributed by atoms with Crippen molar-refractivity contribution < 1.29 is 38.8 Å². The van der Waals surface area contributed by atoms with Crippen LogP contribution in [0.25, 0.3) is 0 Å². The van der Waals surface area contributed by atoms with E-state index in [0.29, 0.717) is 57.7 Å². The number of aliphatic hydroxyl groups excluding tert-OH is 1. The average Bonchev–Trinajstić information content (AvgIpc) is 2.97. The van der Waals surface area contributed by atoms with E-state index >= 15 is 0 Å². The van der Waals surface area contributed by atoms with Gasteiger partial charge >= 0.3 is 12.2 Å². The quantitative estimate of drug-likeness (QED) is 0.231. The van der Waals surface area contributed by atoms with Crippen LogP contribution in [-0.2, 0) is 9.47 Å². The Balaban J connectivity index is 0.000000271. The Labute approximate surface area is 278 Å². The van der Waals surface area contributed by atoms with Crippen molar-refractivity contribution in [3.05, 3.63) is 62.0 Å². The van der Waals surface area contributed by atoms with Gasteiger partial charge in [0.1, 0.15) is 34.9 Å². The molecule has 0 radical (unpaired) electrons. The summed E-state index contributed by atoms with van der Waals surface area (Å²) in [7, 11) is 0. The number of amides is 2. The molecule has 2 aliphatic heterocycles. The zero-order valence-electron chi connectivity index (χ0n) is 27.5. The number of pyridine rings is 2. The second kappa shape index (κ2) is 17.6. The molecule has 0 aliphatic carbocycles. The fourth-order valence-corrected chi connectivity index (χ4v) is 4.17. The lowest BCUT2D eigenvalue weighted by Crippen LogP contribution is -2.44. The molecule has 16 nitrogen and oxygen atoms in total. The van der Waals surface area contributed by atoms with Crippen molar-refractivity contribution in [1.82, 2.24) is 19.8 Å². The molecule has 2 aromatic heterocycles. The molecule has 2 saturated heterocycles. The summed E-state index contributed by atoms with van der Waals surface area (Å²) in [6, 6.07) is 5.52. The number of carbonyl (C=O) groups excluding carboxylic acids is 2. The number of halogens is 1. The van der Waals surface area contributed by atoms with Crippen molar-refractivity contribution in [2.24, 2.45) is 0 Å². The van der Waals surface area contributed by atoms with E-state index in [1.165, 1.54) is 30.5 Å². The molecular formula is C30H43ClN6O10. The normalized spacial score (nSPS) is 15.7. The zero-order chi connectivity index (χ0) is 35.4. The van der Waals surface area contributed by atoms with Crippen LogP contribution >= 0.6 is 11.6 Å². The van der Waals surface area contributed by atoms with Crippen molar-refractivity contribution >= 4 is 35.2 Å². The predicted octanol–water partition coefficient (Wildman–Crippen LogP) is 5.79. The van der Waals surface area contributed by atoms with Crippen LogP contribution in [0.5, 0.6) is 5.88 Å². The molecule has 0 saturated carbocycles. The van der Waals surface area contributed by atoms with E-state index in [1.54, 1.807) is 9.80 Å². The van der Waals surface area contributed by atoms with E-state index in [-0.39, 0.29) is 40.9 Å². The first kappa shape index (κ1) is 38.9. The number of rotatable bonds is 4. The molecule has 2 fully saturated rings. The summed E-state index contributed by atoms with van der Waals surface area (Å²) in [6.07, 6.45) is 4.01. The van der Waals surface area contributed by atoms with E-state index in [0.717, 1.165) is 6.20 Å². The second-order valence-corrected chi connectivity index (χ2v) is 13.1. The van der Waals surface area contributed by atoms with Gasteiger partial charge in [-0.25, -0.2) is 19.6 Å². The Bertz CT molecular complexity index is 1320. The van der Waals surface area contributed by atoms with Crippen molar-refractivity contribution in [2.45, 2.75) is 90.6 Å². The lowest BCUT2D eigenvalue weighted by atomic mass is 10.1. The molecule has 2 aromatic rings. The van der Waals surface area contributed by atoms with Crippen LogP contribution in [0.4, 0.5) is 21.0 Å². The van der Waals surface area contributed by atoms with Gasteiger partial charge in [0.15, 0.2) is 0 Å². The molecule has 0 aromatic carbocycles. The summed E-state index contributed by atoms with van der Waals surface area (Å²) >= 11 is 5.38. The first-order valence-corrected chi connectivity index (χ1v) is 15.4. The second-order valence-electron chi connectivity index (χ2n) is 12.7. The summed E-state index contributed by atoms with van der Waals surface area (Å²) in [5.74, 6) is 0.353. The fourth-order valence-electron chi connectivity index (χ4n) is 4.05. The third-order valence-electron chi connectivity index (χ3n) is 6.35. The van der Waals surface area contributed by atoms with Crippen molar-refractivity contribution in [1.29, 1.82) is 0 Å². The number of piperidine rings is 2. The van der Waals surface area contributed by atoms with Gasteiger partial charge in [-0.1, -0.05) is 11.6 Å². The van der Waals surface area contributed by atoms with Crippen molar-refractivity contribution in [3.63, 3.8) is 0 Å². The number of likely N-dealkylation sites (tertiary alicyclic amines) is 2. The minimum atomic E-state index is -0.524. The number of aliphatic hydroxyl groups is 1. The van der Waals surface area contributed by atoms with E-state index in [9.17, 15) is 34.9 Å². The van der Waals surface area contributed by atoms with Crippen molar-refractivity contribution in [3.8, 4) is 5.88 Å². The highest BCUT2D eigenvalue weighted by Gasteiger charge is 2.28. The SMILES string of the molecule is CC(C)(C)OC(=O)N1CCC(O)CC1.CC(C)(C)OC(=O)N1CCC(Oc2ccc([N+](=O)[O-])cn2)CC1.O=[N+]([O-])c1ccc(Cl)nc1. The molecule has 47 heavy (non-hydrogen) atoms. The molecule has 0 unspecified atom stereocenters. The lowest BCUT2D eigenvalue weighted by molar-refractivity contribution is -0.385. The van der Waals surface area contributed by atoms with Crippen LogP contribution in [0.15, 0.2) is 36.7 Å². The van der Waals surface area contributed by atoms with Crippen molar-refractivity contribution in [2.75, 3.05) is 26.2 Å². The van der Waals surface area contributed by atoms with Gasteiger partial charge in [0.25, 0.3) is 11.4 Å². The molecular weight excluding hydrogens is 640 g/mol. The molecule has 0 bridgehead atoms. The van der Waals surface area contributed by atoms with Gasteiger partial charge in [-0.2, -0.15) is 0 Å². The van der Waals surface area contributed by atoms with Gasteiger partial charge in [-0.3, -0.25) is 20.2 Å². The third-order valence-corrected chi connectivity index (χ3v) is 6.57. The smallest absolute Gasteiger partial charge is 0.410 e. The van der Waals surface area contributed by atoms with Crippen LogP contribution in [0.1, 0.15) is 67.2 Å². The molecule has 17 heteroatoms. The molecule has 4 rings (SSSR count). The van der Waals surface area contributed by atoms with Gasteiger partial charge in [-0.05, 0) is 60.5 Å². The largest absolute Gasteiger partial charge is 0.474 e. The highest BCUT2D eigenvalue weighted by Crippen LogP contribution is 2.21. The standard InChI is InChI=1S/C15H21N3O5.C10H19NO3.C5H3ClN2O2/c1-15(2,3)23-14(19)17-8-6-12(7-9-17)22-13-5-4-11(10-16-13)18(20)21;1-10(2,3)14-9(13)11-6-4-8(12)5-7-11;6-5-2-1-4(3-7-5)8(9)10/h4-5,10,12H,6-9H2,1-3H3;8,12H,4-7H2,1-3H3;1-3H. The van der Waals surface area contributed by atoms with Crippen LogP contribution in [-0.4, -0.2) is 96.5 Å². The van der Waals surface area contributed by atoms with Gasteiger partial charge in [0.2, 0.25) is 5.88 Å². The minimum Gasteiger partial charge on any atom is -0.474 e. The maximum Gasteiger partial charge on any atom is 0.410 e. The number of carbonyl (C=O) groups is 2. The summed E-state index contributed by atoms with van der Waals surface area (Å²) in [6.45, 7) is 13.3. The van der Waals surface area contributed by atoms with E-state index in [4.69, 9.17) is 25.8 Å². The Kier molecular flexibility index (Phi) is 14.5. The monoisotopic (exact) mass is 682 g/mol. The van der Waals surface area contributed by atoms with Crippen LogP contribution < -0.4 is 4.74 Å². The Morgan fingerprint density at radius 2 is 1.21 bits per heavy atom. The number of ether oxygens (including phenoxy) is 3. The average molecular weight is 683 g/mol. The molecule has 1 N–H and O–H groups in total. The maximum atomic E-state index is 12.0. The Hall–Kier alpha value is -4.31. The predicted molar refractivity (Wildman–Crippen MR) is 171 cm³/mol. The van der Waals surface area contributed by atoms with E-state index in [2.05, 4.69) is 9.97 Å². The van der Waals surface area contributed by atoms with Crippen LogP contribution in [0.2, 0.25) is 5.15 Å². The number of nitrogens with zero attached hydrogens (tertiary/aromatic N) is 6. The summed E-state index contributed by atoms with van der Waals surface area (Å²) in [5, 5.41) is 30.1. The summed E-state index contributed by atoms with van der Waals surface area (Å²) < 4.78 is 16.3. The molecule has 4 heterocycles. The maximum absolute atomic E-state index is 12.0. The Morgan fingerprint density at radius 1 is 0.787 bits per heavy atom. The van der Waals surface area contributed by atoms with E-state index < -0.39 is 21.0 Å². The Morgan fingerprint density at radius 3 is 1.57 bits per heavy atom. The fraction of sp³-hybridized carbons (Fsp3) is 0.600. The minimum absolute atomic E-state index is 0.0515. The number of hydrogen-bond donors (Lipinski definition) is 1. The summed E-state index contributed by atoms with van der Waals surface area (Å²) in [4.78, 5) is 53.9. The number of nitro groups is 2. The molecule has 2 aliphatic rings. The van der Waals surface area contributed by atoms with Gasteiger partial charge in [0.05, 0.1) is 16.0 Å². The molecule has 260 valence electrons. The molecule has 0 spiro atoms. The first-order chi connectivity index (χ1) is 21.8. The van der Waals surface area contributed by atoms with Crippen LogP contribution in [0.3, 0.4) is 0 Å². The van der Waals surface area contributed by atoms with Crippen LogP contribution in [0, 0.1) is 20.2 Å². The summed E-state index contributed by atoms with van der Waals surface area (Å²) in [5.41, 5.74) is -1.07. The topological polar surface area (TPSA) is 201 Å². The first-order valence-electron chi connectivity index (χ1n) is 15.0. The van der Waals surface area contributed by atoms with E-state index in [1.807, 2.05) is 41.5 Å². The zero-order valence-corrected chi connectivity index (χ0v) is 28.2. The van der Waals surface area contributed by atoms with Gasteiger partial charge in [-0.15, -0.1) is 0 Å².